The Balaban J connectivity index is 1.44. The summed E-state index contributed by atoms with van der Waals surface area (Å²) in [6.45, 7) is 3.68. The Labute approximate surface area is 234 Å². The first-order valence-corrected chi connectivity index (χ1v) is 16.0. The minimum atomic E-state index is -3.80. The Kier molecular flexibility index (Phi) is 10.6. The molecule has 1 heterocycles. The molecule has 0 aromatic heterocycles. The van der Waals surface area contributed by atoms with Crippen molar-refractivity contribution in [2.75, 3.05) is 26.2 Å². The zero-order chi connectivity index (χ0) is 27.7. The molecule has 0 unspecified atom stereocenters. The van der Waals surface area contributed by atoms with Crippen molar-refractivity contribution >= 4 is 21.8 Å². The summed E-state index contributed by atoms with van der Waals surface area (Å²) in [5, 5.41) is 0. The lowest BCUT2D eigenvalue weighted by molar-refractivity contribution is -0.137. The molecule has 1 aliphatic carbocycles. The van der Waals surface area contributed by atoms with Crippen LogP contribution in [0.2, 0.25) is 0 Å². The van der Waals surface area contributed by atoms with Gasteiger partial charge < -0.3 is 9.80 Å². The van der Waals surface area contributed by atoms with Gasteiger partial charge >= 0.3 is 0 Å². The second kappa shape index (κ2) is 14.1. The van der Waals surface area contributed by atoms with Crippen molar-refractivity contribution < 1.29 is 18.0 Å². The molecule has 4 rings (SSSR count). The average Bonchev–Trinajstić information content (AvgIpc) is 3.49. The van der Waals surface area contributed by atoms with Crippen LogP contribution >= 0.6 is 0 Å². The third kappa shape index (κ3) is 7.92. The number of hydrogen-bond acceptors (Lipinski definition) is 4. The molecule has 2 aromatic carbocycles. The number of sulfonamides is 1. The number of rotatable bonds is 12. The summed E-state index contributed by atoms with van der Waals surface area (Å²) in [4.78, 5) is 30.7. The van der Waals surface area contributed by atoms with Crippen LogP contribution < -0.4 is 0 Å². The van der Waals surface area contributed by atoms with Crippen molar-refractivity contribution in [3.63, 3.8) is 0 Å². The molecule has 0 bridgehead atoms. The van der Waals surface area contributed by atoms with Crippen LogP contribution in [0.5, 0.6) is 0 Å². The normalized spacial score (nSPS) is 17.0. The lowest BCUT2D eigenvalue weighted by atomic mass is 9.99. The predicted molar refractivity (Wildman–Crippen MR) is 153 cm³/mol. The van der Waals surface area contributed by atoms with Gasteiger partial charge in [0.1, 0.15) is 0 Å². The number of benzene rings is 2. The molecule has 39 heavy (non-hydrogen) atoms. The van der Waals surface area contributed by atoms with Crippen LogP contribution in [0.4, 0.5) is 0 Å². The first-order valence-electron chi connectivity index (χ1n) is 14.5. The van der Waals surface area contributed by atoms with Crippen LogP contribution in [-0.2, 0) is 26.2 Å². The number of piperidine rings is 1. The van der Waals surface area contributed by atoms with Crippen LogP contribution in [0, 0.1) is 5.92 Å². The van der Waals surface area contributed by atoms with Gasteiger partial charge in [-0.15, -0.1) is 0 Å². The van der Waals surface area contributed by atoms with E-state index in [1.807, 2.05) is 47.1 Å². The molecule has 1 saturated carbocycles. The summed E-state index contributed by atoms with van der Waals surface area (Å²) >= 11 is 0. The molecular weight excluding hydrogens is 510 g/mol. The van der Waals surface area contributed by atoms with Crippen LogP contribution in [0.25, 0.3) is 0 Å². The molecule has 7 nitrogen and oxygen atoms in total. The number of carbonyl (C=O) groups is 2. The molecule has 1 saturated heterocycles. The summed E-state index contributed by atoms with van der Waals surface area (Å²) < 4.78 is 28.1. The second-order valence-corrected chi connectivity index (χ2v) is 12.9. The highest BCUT2D eigenvalue weighted by Gasteiger charge is 2.33. The third-order valence-corrected chi connectivity index (χ3v) is 10.0. The first kappa shape index (κ1) is 29.3. The largest absolute Gasteiger partial charge is 0.343 e. The number of hydrogen-bond donors (Lipinski definition) is 0. The average molecular weight is 554 g/mol. The number of amides is 2. The Morgan fingerprint density at radius 1 is 0.897 bits per heavy atom. The van der Waals surface area contributed by atoms with E-state index in [1.165, 1.54) is 30.0 Å². The van der Waals surface area contributed by atoms with Gasteiger partial charge in [-0.25, -0.2) is 8.42 Å². The smallest absolute Gasteiger partial charge is 0.243 e. The third-order valence-electron chi connectivity index (χ3n) is 8.18. The predicted octanol–water partition coefficient (Wildman–Crippen LogP) is 5.08. The SMILES string of the molecule is CCCN(CC(=O)N(Cc1ccccc1)C1CCN(C(=O)CCC2CCCC2)CC1)S(=O)(=O)c1ccccc1. The topological polar surface area (TPSA) is 78.0 Å². The van der Waals surface area contributed by atoms with E-state index in [0.29, 0.717) is 51.2 Å². The van der Waals surface area contributed by atoms with Gasteiger partial charge in [0.15, 0.2) is 0 Å². The molecule has 2 amide bonds. The van der Waals surface area contributed by atoms with Crippen molar-refractivity contribution in [2.24, 2.45) is 5.92 Å². The van der Waals surface area contributed by atoms with Crippen LogP contribution in [0.1, 0.15) is 70.3 Å². The standard InChI is InChI=1S/C31H43N3O4S/c1-2-21-33(39(37,38)29-15-7-4-8-16-29)25-31(36)34(24-27-13-5-3-6-14-27)28-19-22-32(23-20-28)30(35)18-17-26-11-9-10-12-26/h3-8,13-16,26,28H,2,9-12,17-25H2,1H3. The molecule has 1 aliphatic heterocycles. The molecule has 2 aromatic rings. The van der Waals surface area contributed by atoms with Crippen molar-refractivity contribution in [1.82, 2.24) is 14.1 Å². The minimum Gasteiger partial charge on any atom is -0.343 e. The molecule has 0 N–H and O–H groups in total. The van der Waals surface area contributed by atoms with Crippen molar-refractivity contribution in [2.45, 2.75) is 82.2 Å². The Bertz CT molecular complexity index is 1160. The molecular formula is C31H43N3O4S. The fourth-order valence-corrected chi connectivity index (χ4v) is 7.43. The maximum atomic E-state index is 13.8. The number of carbonyl (C=O) groups excluding carboxylic acids is 2. The Morgan fingerprint density at radius 2 is 1.51 bits per heavy atom. The van der Waals surface area contributed by atoms with Crippen molar-refractivity contribution in [3.8, 4) is 0 Å². The van der Waals surface area contributed by atoms with Crippen LogP contribution in [0.15, 0.2) is 65.6 Å². The van der Waals surface area contributed by atoms with Gasteiger partial charge in [-0.1, -0.05) is 81.1 Å². The van der Waals surface area contributed by atoms with Crippen LogP contribution in [-0.4, -0.2) is 66.6 Å². The maximum absolute atomic E-state index is 13.8. The van der Waals surface area contributed by atoms with Gasteiger partial charge in [-0.3, -0.25) is 9.59 Å². The number of nitrogens with zero attached hydrogens (tertiary/aromatic N) is 3. The Hall–Kier alpha value is -2.71. The van der Waals surface area contributed by atoms with Gasteiger partial charge in [-0.2, -0.15) is 4.31 Å². The molecule has 0 radical (unpaired) electrons. The highest BCUT2D eigenvalue weighted by molar-refractivity contribution is 7.89. The minimum absolute atomic E-state index is 0.0421. The van der Waals surface area contributed by atoms with Crippen molar-refractivity contribution in [3.05, 3.63) is 66.2 Å². The maximum Gasteiger partial charge on any atom is 0.243 e. The highest BCUT2D eigenvalue weighted by atomic mass is 32.2. The van der Waals surface area contributed by atoms with E-state index in [4.69, 9.17) is 0 Å². The summed E-state index contributed by atoms with van der Waals surface area (Å²) in [5.41, 5.74) is 1.01. The van der Waals surface area contributed by atoms with Gasteiger partial charge in [0.25, 0.3) is 0 Å². The zero-order valence-electron chi connectivity index (χ0n) is 23.2. The molecule has 0 atom stereocenters. The van der Waals surface area contributed by atoms with E-state index < -0.39 is 10.0 Å². The molecule has 2 aliphatic rings. The van der Waals surface area contributed by atoms with Gasteiger partial charge in [0, 0.05) is 38.6 Å². The quantitative estimate of drug-likeness (QED) is 0.367. The first-order chi connectivity index (χ1) is 18.9. The molecule has 2 fully saturated rings. The zero-order valence-corrected chi connectivity index (χ0v) is 24.0. The van der Waals surface area contributed by atoms with Crippen molar-refractivity contribution in [1.29, 1.82) is 0 Å². The second-order valence-electron chi connectivity index (χ2n) is 11.0. The monoisotopic (exact) mass is 553 g/mol. The Morgan fingerprint density at radius 3 is 2.13 bits per heavy atom. The fourth-order valence-electron chi connectivity index (χ4n) is 5.93. The summed E-state index contributed by atoms with van der Waals surface area (Å²) in [7, 11) is -3.80. The number of likely N-dealkylation sites (tertiary alicyclic amines) is 1. The summed E-state index contributed by atoms with van der Waals surface area (Å²) in [5.74, 6) is 0.728. The molecule has 212 valence electrons. The van der Waals surface area contributed by atoms with Gasteiger partial charge in [0.05, 0.1) is 11.4 Å². The summed E-state index contributed by atoms with van der Waals surface area (Å²) in [6.07, 6.45) is 8.70. The van der Waals surface area contributed by atoms with E-state index >= 15 is 0 Å². The highest BCUT2D eigenvalue weighted by Crippen LogP contribution is 2.29. The van der Waals surface area contributed by atoms with Gasteiger partial charge in [-0.05, 0) is 49.3 Å². The van der Waals surface area contributed by atoms with Gasteiger partial charge in [0.2, 0.25) is 21.8 Å². The molecule has 8 heteroatoms. The van der Waals surface area contributed by atoms with E-state index in [1.54, 1.807) is 30.3 Å². The molecule has 0 spiro atoms. The lowest BCUT2D eigenvalue weighted by Gasteiger charge is -2.39. The van der Waals surface area contributed by atoms with E-state index in [0.717, 1.165) is 12.0 Å². The fraction of sp³-hybridized carbons (Fsp3) is 0.548. The summed E-state index contributed by atoms with van der Waals surface area (Å²) in [6, 6.07) is 18.1. The van der Waals surface area contributed by atoms with E-state index in [2.05, 4.69) is 0 Å². The van der Waals surface area contributed by atoms with Crippen LogP contribution in [0.3, 0.4) is 0 Å². The lowest BCUT2D eigenvalue weighted by Crippen LogP contribution is -2.51. The van der Waals surface area contributed by atoms with E-state index in [9.17, 15) is 18.0 Å². The van der Waals surface area contributed by atoms with E-state index in [-0.39, 0.29) is 35.8 Å².